The average Bonchev–Trinajstić information content (AvgIpc) is 2.90. The fourth-order valence-electron chi connectivity index (χ4n) is 2.23. The minimum Gasteiger partial charge on any atom is -0.372 e. The number of rotatable bonds is 6. The molecule has 1 aliphatic rings. The van der Waals surface area contributed by atoms with E-state index in [1.54, 1.807) is 6.21 Å². The van der Waals surface area contributed by atoms with E-state index in [0.29, 0.717) is 5.17 Å². The number of amides is 1. The number of thioether (sulfide) groups is 1. The van der Waals surface area contributed by atoms with Gasteiger partial charge >= 0.3 is 0 Å². The monoisotopic (exact) mass is 318 g/mol. The molecule has 1 amide bonds. The molecule has 1 fully saturated rings. The SMILES string of the molecule is CC[C@H]1S/C(=N\N=C\c2ccc(N(CC)CC)cc2)NC1=O. The van der Waals surface area contributed by atoms with Crippen molar-refractivity contribution in [1.29, 1.82) is 0 Å². The van der Waals surface area contributed by atoms with Crippen molar-refractivity contribution in [2.24, 2.45) is 10.2 Å². The van der Waals surface area contributed by atoms with Crippen LogP contribution in [0.2, 0.25) is 0 Å². The second-order valence-corrected chi connectivity index (χ2v) is 6.11. The molecule has 0 unspecified atom stereocenters. The van der Waals surface area contributed by atoms with Gasteiger partial charge in [0.25, 0.3) is 0 Å². The van der Waals surface area contributed by atoms with Crippen molar-refractivity contribution in [1.82, 2.24) is 5.32 Å². The Balaban J connectivity index is 1.98. The Kier molecular flexibility index (Phi) is 6.00. The van der Waals surface area contributed by atoms with E-state index < -0.39 is 0 Å². The summed E-state index contributed by atoms with van der Waals surface area (Å²) in [6.07, 6.45) is 2.50. The van der Waals surface area contributed by atoms with E-state index in [1.807, 2.05) is 19.1 Å². The summed E-state index contributed by atoms with van der Waals surface area (Å²) in [5, 5.41) is 11.4. The first-order chi connectivity index (χ1) is 10.7. The lowest BCUT2D eigenvalue weighted by atomic mass is 10.2. The van der Waals surface area contributed by atoms with Gasteiger partial charge in [0.1, 0.15) is 0 Å². The van der Waals surface area contributed by atoms with Gasteiger partial charge in [-0.2, -0.15) is 5.10 Å². The third-order valence-corrected chi connectivity index (χ3v) is 4.76. The zero-order valence-corrected chi connectivity index (χ0v) is 14.1. The van der Waals surface area contributed by atoms with Crippen LogP contribution in [0.15, 0.2) is 34.5 Å². The predicted octanol–water partition coefficient (Wildman–Crippen LogP) is 2.86. The molecular weight excluding hydrogens is 296 g/mol. The molecule has 118 valence electrons. The van der Waals surface area contributed by atoms with E-state index in [0.717, 1.165) is 25.1 Å². The van der Waals surface area contributed by atoms with E-state index in [4.69, 9.17) is 0 Å². The average molecular weight is 318 g/mol. The number of benzene rings is 1. The number of hydrogen-bond donors (Lipinski definition) is 1. The van der Waals surface area contributed by atoms with E-state index in [2.05, 4.69) is 46.4 Å². The summed E-state index contributed by atoms with van der Waals surface area (Å²) in [5.41, 5.74) is 2.19. The molecule has 1 N–H and O–H groups in total. The normalized spacial score (nSPS) is 19.9. The molecule has 0 saturated carbocycles. The van der Waals surface area contributed by atoms with Crippen LogP contribution in [0.1, 0.15) is 32.8 Å². The topological polar surface area (TPSA) is 57.1 Å². The van der Waals surface area contributed by atoms with Gasteiger partial charge in [0.2, 0.25) is 5.91 Å². The summed E-state index contributed by atoms with van der Waals surface area (Å²) < 4.78 is 0. The molecule has 6 heteroatoms. The number of hydrogen-bond acceptors (Lipinski definition) is 5. The molecule has 0 bridgehead atoms. The van der Waals surface area contributed by atoms with E-state index in [9.17, 15) is 4.79 Å². The van der Waals surface area contributed by atoms with Gasteiger partial charge in [-0.1, -0.05) is 30.8 Å². The summed E-state index contributed by atoms with van der Waals surface area (Å²) in [6, 6.07) is 8.21. The van der Waals surface area contributed by atoms with Gasteiger partial charge in [-0.3, -0.25) is 4.79 Å². The first-order valence-corrected chi connectivity index (χ1v) is 8.49. The number of amidine groups is 1. The maximum atomic E-state index is 11.5. The zero-order chi connectivity index (χ0) is 15.9. The molecule has 22 heavy (non-hydrogen) atoms. The minimum absolute atomic E-state index is 0.0185. The van der Waals surface area contributed by atoms with Crippen molar-refractivity contribution in [3.63, 3.8) is 0 Å². The van der Waals surface area contributed by atoms with Gasteiger partial charge in [-0.05, 0) is 38.0 Å². The summed E-state index contributed by atoms with van der Waals surface area (Å²) in [5.74, 6) is 0.0185. The number of nitrogens with one attached hydrogen (secondary N) is 1. The molecule has 1 heterocycles. The highest BCUT2D eigenvalue weighted by molar-refractivity contribution is 8.15. The maximum absolute atomic E-state index is 11.5. The van der Waals surface area contributed by atoms with Gasteiger partial charge in [-0.25, -0.2) is 0 Å². The van der Waals surface area contributed by atoms with Crippen LogP contribution in [-0.2, 0) is 4.79 Å². The maximum Gasteiger partial charge on any atom is 0.239 e. The predicted molar refractivity (Wildman–Crippen MR) is 94.8 cm³/mol. The number of carbonyl (C=O) groups is 1. The van der Waals surface area contributed by atoms with Crippen molar-refractivity contribution < 1.29 is 4.79 Å². The Morgan fingerprint density at radius 2 is 1.91 bits per heavy atom. The van der Waals surface area contributed by atoms with Crippen molar-refractivity contribution >= 4 is 34.7 Å². The molecule has 1 aliphatic heterocycles. The Morgan fingerprint density at radius 1 is 1.23 bits per heavy atom. The summed E-state index contributed by atoms with van der Waals surface area (Å²) in [4.78, 5) is 13.8. The molecule has 0 aromatic heterocycles. The Morgan fingerprint density at radius 3 is 2.45 bits per heavy atom. The molecule has 1 aromatic rings. The molecule has 1 atom stereocenters. The van der Waals surface area contributed by atoms with Crippen molar-refractivity contribution in [2.45, 2.75) is 32.4 Å². The highest BCUT2D eigenvalue weighted by Gasteiger charge is 2.28. The smallest absolute Gasteiger partial charge is 0.239 e. The van der Waals surface area contributed by atoms with E-state index in [1.165, 1.54) is 17.4 Å². The van der Waals surface area contributed by atoms with Gasteiger partial charge in [0.05, 0.1) is 11.5 Å². The van der Waals surface area contributed by atoms with E-state index in [-0.39, 0.29) is 11.2 Å². The Labute approximate surface area is 135 Å². The lowest BCUT2D eigenvalue weighted by molar-refractivity contribution is -0.118. The molecule has 2 rings (SSSR count). The third-order valence-electron chi connectivity index (χ3n) is 3.52. The van der Waals surface area contributed by atoms with Crippen LogP contribution in [0.3, 0.4) is 0 Å². The van der Waals surface area contributed by atoms with Crippen LogP contribution in [0.4, 0.5) is 5.69 Å². The summed E-state index contributed by atoms with van der Waals surface area (Å²) >= 11 is 1.44. The molecular formula is C16H22N4OS. The quantitative estimate of drug-likeness (QED) is 0.648. The zero-order valence-electron chi connectivity index (χ0n) is 13.2. The summed E-state index contributed by atoms with van der Waals surface area (Å²) in [7, 11) is 0. The molecule has 0 aliphatic carbocycles. The van der Waals surface area contributed by atoms with E-state index >= 15 is 0 Å². The van der Waals surface area contributed by atoms with Crippen LogP contribution in [0.5, 0.6) is 0 Å². The second kappa shape index (κ2) is 7.98. The number of carbonyl (C=O) groups excluding carboxylic acids is 1. The van der Waals surface area contributed by atoms with Crippen LogP contribution in [-0.4, -0.2) is 35.6 Å². The van der Waals surface area contributed by atoms with Crippen LogP contribution in [0.25, 0.3) is 0 Å². The second-order valence-electron chi connectivity index (χ2n) is 4.92. The summed E-state index contributed by atoms with van der Waals surface area (Å²) in [6.45, 7) is 8.26. The first-order valence-electron chi connectivity index (χ1n) is 7.61. The third kappa shape index (κ3) is 4.10. The largest absolute Gasteiger partial charge is 0.372 e. The number of nitrogens with zero attached hydrogens (tertiary/aromatic N) is 3. The lowest BCUT2D eigenvalue weighted by Crippen LogP contribution is -2.24. The van der Waals surface area contributed by atoms with Gasteiger partial charge in [0.15, 0.2) is 5.17 Å². The fraction of sp³-hybridized carbons (Fsp3) is 0.438. The first kappa shape index (κ1) is 16.5. The molecule has 1 aromatic carbocycles. The molecule has 5 nitrogen and oxygen atoms in total. The van der Waals surface area contributed by atoms with Crippen LogP contribution >= 0.6 is 11.8 Å². The van der Waals surface area contributed by atoms with Crippen LogP contribution in [0, 0.1) is 0 Å². The van der Waals surface area contributed by atoms with Gasteiger partial charge in [-0.15, -0.1) is 5.10 Å². The minimum atomic E-state index is -0.0395. The fourth-order valence-corrected chi connectivity index (χ4v) is 3.08. The molecule has 0 radical (unpaired) electrons. The van der Waals surface area contributed by atoms with Crippen LogP contribution < -0.4 is 10.2 Å². The Hall–Kier alpha value is -1.82. The van der Waals surface area contributed by atoms with Gasteiger partial charge in [0, 0.05) is 18.8 Å². The number of anilines is 1. The van der Waals surface area contributed by atoms with Crippen molar-refractivity contribution in [2.75, 3.05) is 18.0 Å². The molecule has 0 spiro atoms. The van der Waals surface area contributed by atoms with Crippen molar-refractivity contribution in [3.8, 4) is 0 Å². The highest BCUT2D eigenvalue weighted by Crippen LogP contribution is 2.21. The lowest BCUT2D eigenvalue weighted by Gasteiger charge is -2.20. The van der Waals surface area contributed by atoms with Gasteiger partial charge < -0.3 is 10.2 Å². The van der Waals surface area contributed by atoms with Crippen molar-refractivity contribution in [3.05, 3.63) is 29.8 Å². The Bertz CT molecular complexity index is 564. The molecule has 1 saturated heterocycles. The standard InChI is InChI=1S/C16H22N4OS/c1-4-14-15(21)18-16(22-14)19-17-11-12-7-9-13(10-8-12)20(5-2)6-3/h7-11,14H,4-6H2,1-3H3,(H,18,19,21)/b17-11+/t14-/m1/s1. The highest BCUT2D eigenvalue weighted by atomic mass is 32.2.